The third-order valence-electron chi connectivity index (χ3n) is 2.73. The summed E-state index contributed by atoms with van der Waals surface area (Å²) < 4.78 is 1.14. The third kappa shape index (κ3) is 3.30. The molecule has 6 heteroatoms. The van der Waals surface area contributed by atoms with Crippen molar-refractivity contribution in [3.63, 3.8) is 0 Å². The van der Waals surface area contributed by atoms with Gasteiger partial charge in [-0.2, -0.15) is 5.10 Å². The second kappa shape index (κ2) is 4.99. The lowest BCUT2D eigenvalue weighted by atomic mass is 10.4. The minimum atomic E-state index is -0.269. The van der Waals surface area contributed by atoms with Crippen molar-refractivity contribution >= 4 is 11.6 Å². The van der Waals surface area contributed by atoms with Gasteiger partial charge in [0.2, 0.25) is 5.91 Å². The van der Waals surface area contributed by atoms with Crippen molar-refractivity contribution in [3.05, 3.63) is 22.6 Å². The molecule has 0 atom stereocenters. The van der Waals surface area contributed by atoms with Crippen molar-refractivity contribution in [3.8, 4) is 0 Å². The van der Waals surface area contributed by atoms with Crippen LogP contribution in [0.2, 0.25) is 0 Å². The number of likely N-dealkylation sites (N-methyl/N-ethyl adjacent to an activating group) is 1. The Kier molecular flexibility index (Phi) is 3.41. The summed E-state index contributed by atoms with van der Waals surface area (Å²) in [4.78, 5) is 22.7. The van der Waals surface area contributed by atoms with Crippen LogP contribution in [0, 0.1) is 5.92 Å². The van der Waals surface area contributed by atoms with E-state index in [1.165, 1.54) is 26.0 Å². The van der Waals surface area contributed by atoms with Gasteiger partial charge >= 0.3 is 0 Å². The van der Waals surface area contributed by atoms with Gasteiger partial charge in [0.15, 0.2) is 0 Å². The summed E-state index contributed by atoms with van der Waals surface area (Å²) in [7, 11) is 1.53. The van der Waals surface area contributed by atoms with Gasteiger partial charge < -0.3 is 10.6 Å². The number of carbonyl (C=O) groups is 1. The Morgan fingerprint density at radius 2 is 2.35 bits per heavy atom. The van der Waals surface area contributed by atoms with E-state index in [9.17, 15) is 9.59 Å². The van der Waals surface area contributed by atoms with E-state index in [1.54, 1.807) is 6.20 Å². The molecule has 1 amide bonds. The number of aromatic nitrogens is 2. The lowest BCUT2D eigenvalue weighted by Crippen LogP contribution is -2.31. The second-order valence-electron chi connectivity index (χ2n) is 4.24. The van der Waals surface area contributed by atoms with Crippen LogP contribution in [-0.4, -0.2) is 29.3 Å². The monoisotopic (exact) mass is 236 g/mol. The van der Waals surface area contributed by atoms with Gasteiger partial charge in [-0.05, 0) is 18.8 Å². The summed E-state index contributed by atoms with van der Waals surface area (Å²) in [5, 5.41) is 9.56. The van der Waals surface area contributed by atoms with E-state index >= 15 is 0 Å². The molecule has 1 aromatic rings. The SMILES string of the molecule is CNC(=O)Cn1ncc(NCC2CC2)cc1=O. The molecule has 0 aliphatic heterocycles. The van der Waals surface area contributed by atoms with Crippen molar-refractivity contribution in [2.45, 2.75) is 19.4 Å². The van der Waals surface area contributed by atoms with Crippen molar-refractivity contribution < 1.29 is 4.79 Å². The lowest BCUT2D eigenvalue weighted by Gasteiger charge is -2.06. The molecule has 1 saturated carbocycles. The number of anilines is 1. The molecule has 1 heterocycles. The number of carbonyl (C=O) groups excluding carboxylic acids is 1. The fourth-order valence-corrected chi connectivity index (χ4v) is 1.45. The summed E-state index contributed by atoms with van der Waals surface area (Å²) in [5.74, 6) is 0.501. The molecule has 1 aliphatic carbocycles. The molecule has 0 radical (unpaired) electrons. The number of nitrogens with zero attached hydrogens (tertiary/aromatic N) is 2. The van der Waals surface area contributed by atoms with Crippen LogP contribution in [0.25, 0.3) is 0 Å². The fraction of sp³-hybridized carbons (Fsp3) is 0.545. The Balaban J connectivity index is 1.99. The van der Waals surface area contributed by atoms with Crippen LogP contribution >= 0.6 is 0 Å². The fourth-order valence-electron chi connectivity index (χ4n) is 1.45. The first kappa shape index (κ1) is 11.6. The van der Waals surface area contributed by atoms with E-state index in [4.69, 9.17) is 0 Å². The maximum Gasteiger partial charge on any atom is 0.269 e. The molecule has 0 unspecified atom stereocenters. The summed E-state index contributed by atoms with van der Waals surface area (Å²) in [5.41, 5.74) is 0.449. The second-order valence-corrected chi connectivity index (χ2v) is 4.24. The maximum atomic E-state index is 11.6. The molecule has 0 aromatic carbocycles. The van der Waals surface area contributed by atoms with Crippen molar-refractivity contribution in [2.24, 2.45) is 5.92 Å². The molecular weight excluding hydrogens is 220 g/mol. The van der Waals surface area contributed by atoms with E-state index in [1.807, 2.05) is 0 Å². The van der Waals surface area contributed by atoms with E-state index in [0.29, 0.717) is 0 Å². The highest BCUT2D eigenvalue weighted by Crippen LogP contribution is 2.28. The van der Waals surface area contributed by atoms with Crippen LogP contribution in [0.5, 0.6) is 0 Å². The Morgan fingerprint density at radius 3 is 2.94 bits per heavy atom. The van der Waals surface area contributed by atoms with Crippen LogP contribution in [-0.2, 0) is 11.3 Å². The largest absolute Gasteiger partial charge is 0.383 e. The van der Waals surface area contributed by atoms with Gasteiger partial charge in [0.25, 0.3) is 5.56 Å². The van der Waals surface area contributed by atoms with Crippen molar-refractivity contribution in [1.29, 1.82) is 0 Å². The third-order valence-corrected chi connectivity index (χ3v) is 2.73. The number of amides is 1. The predicted octanol–water partition coefficient (Wildman–Crippen LogP) is -0.189. The minimum Gasteiger partial charge on any atom is -0.383 e. The highest BCUT2D eigenvalue weighted by atomic mass is 16.2. The van der Waals surface area contributed by atoms with Gasteiger partial charge in [-0.15, -0.1) is 0 Å². The number of rotatable bonds is 5. The molecule has 1 aliphatic rings. The topological polar surface area (TPSA) is 76.0 Å². The summed E-state index contributed by atoms with van der Waals surface area (Å²) in [6.07, 6.45) is 4.09. The molecule has 0 bridgehead atoms. The smallest absolute Gasteiger partial charge is 0.269 e. The molecular formula is C11H16N4O2. The first-order valence-electron chi connectivity index (χ1n) is 5.70. The maximum absolute atomic E-state index is 11.6. The normalized spacial score (nSPS) is 14.4. The molecule has 2 rings (SSSR count). The Hall–Kier alpha value is -1.85. The highest BCUT2D eigenvalue weighted by Gasteiger charge is 2.20. The lowest BCUT2D eigenvalue weighted by molar-refractivity contribution is -0.121. The van der Waals surface area contributed by atoms with Crippen LogP contribution < -0.4 is 16.2 Å². The van der Waals surface area contributed by atoms with E-state index in [-0.39, 0.29) is 18.0 Å². The molecule has 17 heavy (non-hydrogen) atoms. The molecule has 0 saturated heterocycles. The summed E-state index contributed by atoms with van der Waals surface area (Å²) in [6.45, 7) is 0.846. The number of hydrogen-bond donors (Lipinski definition) is 2. The molecule has 6 nitrogen and oxygen atoms in total. The molecule has 1 aromatic heterocycles. The quantitative estimate of drug-likeness (QED) is 0.743. The van der Waals surface area contributed by atoms with Crippen LogP contribution in [0.3, 0.4) is 0 Å². The average molecular weight is 236 g/mol. The van der Waals surface area contributed by atoms with Gasteiger partial charge in [-0.3, -0.25) is 9.59 Å². The highest BCUT2D eigenvalue weighted by molar-refractivity contribution is 5.75. The van der Waals surface area contributed by atoms with Gasteiger partial charge in [0.05, 0.1) is 11.9 Å². The Morgan fingerprint density at radius 1 is 1.59 bits per heavy atom. The van der Waals surface area contributed by atoms with Gasteiger partial charge in [0, 0.05) is 19.7 Å². The first-order chi connectivity index (χ1) is 8.19. The van der Waals surface area contributed by atoms with Gasteiger partial charge in [0.1, 0.15) is 6.54 Å². The Bertz CT molecular complexity index is 465. The van der Waals surface area contributed by atoms with Gasteiger partial charge in [-0.25, -0.2) is 4.68 Å². The number of nitrogens with one attached hydrogen (secondary N) is 2. The summed E-state index contributed by atoms with van der Waals surface area (Å²) in [6, 6.07) is 1.47. The summed E-state index contributed by atoms with van der Waals surface area (Å²) >= 11 is 0. The first-order valence-corrected chi connectivity index (χ1v) is 5.70. The standard InChI is InChI=1S/C11H16N4O2/c1-12-10(16)7-15-11(17)4-9(6-14-15)13-5-8-2-3-8/h4,6,8,13H,2-3,5,7H2,1H3,(H,12,16). The predicted molar refractivity (Wildman–Crippen MR) is 63.8 cm³/mol. The number of hydrogen-bond acceptors (Lipinski definition) is 4. The average Bonchev–Trinajstić information content (AvgIpc) is 3.13. The van der Waals surface area contributed by atoms with E-state index in [0.717, 1.165) is 22.8 Å². The van der Waals surface area contributed by atoms with Crippen LogP contribution in [0.15, 0.2) is 17.1 Å². The molecule has 0 spiro atoms. The van der Waals surface area contributed by atoms with Gasteiger partial charge in [-0.1, -0.05) is 0 Å². The van der Waals surface area contributed by atoms with Crippen LogP contribution in [0.4, 0.5) is 5.69 Å². The zero-order valence-corrected chi connectivity index (χ0v) is 9.77. The molecule has 2 N–H and O–H groups in total. The van der Waals surface area contributed by atoms with Crippen molar-refractivity contribution in [2.75, 3.05) is 18.9 Å². The molecule has 1 fully saturated rings. The van der Waals surface area contributed by atoms with E-state index < -0.39 is 0 Å². The van der Waals surface area contributed by atoms with Crippen molar-refractivity contribution in [1.82, 2.24) is 15.1 Å². The van der Waals surface area contributed by atoms with Crippen LogP contribution in [0.1, 0.15) is 12.8 Å². The van der Waals surface area contributed by atoms with E-state index in [2.05, 4.69) is 15.7 Å². The zero-order valence-electron chi connectivity index (χ0n) is 9.77. The zero-order chi connectivity index (χ0) is 12.3. The molecule has 92 valence electrons. The minimum absolute atomic E-state index is 0.0434. The Labute approximate surface area is 99.0 Å².